The zero-order valence-corrected chi connectivity index (χ0v) is 14.0. The molecule has 1 saturated heterocycles. The smallest absolute Gasteiger partial charge is 0.273 e. The van der Waals surface area contributed by atoms with Crippen LogP contribution in [0.4, 0.5) is 0 Å². The average molecular weight is 348 g/mol. The van der Waals surface area contributed by atoms with Gasteiger partial charge < -0.3 is 14.7 Å². The van der Waals surface area contributed by atoms with E-state index in [4.69, 9.17) is 16.1 Å². The molecule has 24 heavy (non-hydrogen) atoms. The third-order valence-electron chi connectivity index (χ3n) is 4.08. The number of rotatable bonds is 3. The lowest BCUT2D eigenvalue weighted by Gasteiger charge is -2.32. The van der Waals surface area contributed by atoms with Gasteiger partial charge in [-0.05, 0) is 31.9 Å². The van der Waals surface area contributed by atoms with E-state index in [9.17, 15) is 9.59 Å². The predicted molar refractivity (Wildman–Crippen MR) is 89.1 cm³/mol. The molecule has 0 bridgehead atoms. The topological polar surface area (TPSA) is 75.4 Å². The molecule has 1 N–H and O–H groups in total. The molecule has 6 nitrogen and oxygen atoms in total. The molecule has 1 aromatic carbocycles. The minimum Gasteiger partial charge on any atom is -0.361 e. The fourth-order valence-corrected chi connectivity index (χ4v) is 2.98. The summed E-state index contributed by atoms with van der Waals surface area (Å²) in [5, 5.41) is 7.10. The summed E-state index contributed by atoms with van der Waals surface area (Å²) in [5.41, 5.74) is 0.793. The molecule has 7 heteroatoms. The number of piperidine rings is 1. The van der Waals surface area contributed by atoms with Crippen LogP contribution in [-0.4, -0.2) is 41.0 Å². The number of benzene rings is 1. The first-order chi connectivity index (χ1) is 11.5. The van der Waals surface area contributed by atoms with Crippen LogP contribution >= 0.6 is 11.6 Å². The Labute approximate surface area is 144 Å². The highest BCUT2D eigenvalue weighted by molar-refractivity contribution is 6.33. The second kappa shape index (κ2) is 7.05. The molecule has 0 aliphatic carbocycles. The van der Waals surface area contributed by atoms with Crippen LogP contribution in [0.2, 0.25) is 5.02 Å². The maximum atomic E-state index is 12.5. The highest BCUT2D eigenvalue weighted by Crippen LogP contribution is 2.20. The van der Waals surface area contributed by atoms with Crippen LogP contribution < -0.4 is 5.32 Å². The lowest BCUT2D eigenvalue weighted by Crippen LogP contribution is -2.46. The minimum atomic E-state index is -0.247. The van der Waals surface area contributed by atoms with Gasteiger partial charge in [0.05, 0.1) is 10.6 Å². The van der Waals surface area contributed by atoms with Crippen molar-refractivity contribution in [3.8, 4) is 0 Å². The summed E-state index contributed by atoms with van der Waals surface area (Å²) in [6.45, 7) is 2.89. The SMILES string of the molecule is Cc1cc(C(=O)NC2CCN(C(=O)c3ccccc3Cl)CC2)no1. The molecule has 126 valence electrons. The van der Waals surface area contributed by atoms with E-state index in [2.05, 4.69) is 10.5 Å². The molecule has 1 fully saturated rings. The number of nitrogens with zero attached hydrogens (tertiary/aromatic N) is 2. The van der Waals surface area contributed by atoms with Gasteiger partial charge in [0.2, 0.25) is 0 Å². The average Bonchev–Trinajstić information content (AvgIpc) is 3.02. The second-order valence-electron chi connectivity index (χ2n) is 5.84. The molecule has 0 spiro atoms. The summed E-state index contributed by atoms with van der Waals surface area (Å²) in [6, 6.07) is 8.65. The van der Waals surface area contributed by atoms with E-state index in [-0.39, 0.29) is 23.6 Å². The Hall–Kier alpha value is -2.34. The predicted octanol–water partition coefficient (Wildman–Crippen LogP) is 2.67. The van der Waals surface area contributed by atoms with Crippen molar-refractivity contribution >= 4 is 23.4 Å². The van der Waals surface area contributed by atoms with Gasteiger partial charge in [-0.2, -0.15) is 0 Å². The molecule has 0 radical (unpaired) electrons. The van der Waals surface area contributed by atoms with Crippen LogP contribution in [0.15, 0.2) is 34.9 Å². The summed E-state index contributed by atoms with van der Waals surface area (Å²) in [5.74, 6) is 0.278. The largest absolute Gasteiger partial charge is 0.361 e. The lowest BCUT2D eigenvalue weighted by molar-refractivity contribution is 0.0697. The first kappa shape index (κ1) is 16.5. The molecular formula is C17H18ClN3O3. The van der Waals surface area contributed by atoms with E-state index >= 15 is 0 Å². The maximum absolute atomic E-state index is 12.5. The first-order valence-corrected chi connectivity index (χ1v) is 8.20. The van der Waals surface area contributed by atoms with Crippen LogP contribution in [0.3, 0.4) is 0 Å². The van der Waals surface area contributed by atoms with Gasteiger partial charge in [-0.25, -0.2) is 0 Å². The standard InChI is InChI=1S/C17H18ClN3O3/c1-11-10-15(20-24-11)16(22)19-12-6-8-21(9-7-12)17(23)13-4-2-3-5-14(13)18/h2-5,10,12H,6-9H2,1H3,(H,19,22). The van der Waals surface area contributed by atoms with Gasteiger partial charge in [-0.3, -0.25) is 9.59 Å². The van der Waals surface area contributed by atoms with Crippen molar-refractivity contribution < 1.29 is 14.1 Å². The lowest BCUT2D eigenvalue weighted by atomic mass is 10.0. The molecule has 0 saturated carbocycles. The van der Waals surface area contributed by atoms with Crippen molar-refractivity contribution in [1.82, 2.24) is 15.4 Å². The van der Waals surface area contributed by atoms with Crippen molar-refractivity contribution in [1.29, 1.82) is 0 Å². The Morgan fingerprint density at radius 3 is 2.62 bits per heavy atom. The Morgan fingerprint density at radius 2 is 2.00 bits per heavy atom. The number of hydrogen-bond acceptors (Lipinski definition) is 4. The summed E-state index contributed by atoms with van der Waals surface area (Å²) in [6.07, 6.45) is 1.39. The minimum absolute atomic E-state index is 0.0183. The molecule has 2 heterocycles. The van der Waals surface area contributed by atoms with Crippen LogP contribution in [0.25, 0.3) is 0 Å². The number of aromatic nitrogens is 1. The van der Waals surface area contributed by atoms with Crippen LogP contribution in [0, 0.1) is 6.92 Å². The number of hydrogen-bond donors (Lipinski definition) is 1. The zero-order chi connectivity index (χ0) is 17.1. The van der Waals surface area contributed by atoms with Gasteiger partial charge >= 0.3 is 0 Å². The van der Waals surface area contributed by atoms with Crippen LogP contribution in [-0.2, 0) is 0 Å². The number of likely N-dealkylation sites (tertiary alicyclic amines) is 1. The number of aryl methyl sites for hydroxylation is 1. The van der Waals surface area contributed by atoms with E-state index in [0.717, 1.165) is 0 Å². The number of halogens is 1. The molecule has 2 aromatic rings. The molecule has 3 rings (SSSR count). The number of carbonyl (C=O) groups excluding carboxylic acids is 2. The normalized spacial score (nSPS) is 15.3. The maximum Gasteiger partial charge on any atom is 0.273 e. The summed E-state index contributed by atoms with van der Waals surface area (Å²) >= 11 is 6.09. The number of nitrogens with one attached hydrogen (secondary N) is 1. The molecule has 2 amide bonds. The molecule has 1 aromatic heterocycles. The van der Waals surface area contributed by atoms with Gasteiger partial charge in [0.25, 0.3) is 11.8 Å². The summed E-state index contributed by atoms with van der Waals surface area (Å²) in [4.78, 5) is 26.3. The number of amides is 2. The van der Waals surface area contributed by atoms with E-state index in [1.165, 1.54) is 0 Å². The van der Waals surface area contributed by atoms with Crippen molar-refractivity contribution in [3.05, 3.63) is 52.4 Å². The van der Waals surface area contributed by atoms with Gasteiger partial charge in [0.15, 0.2) is 5.69 Å². The third kappa shape index (κ3) is 3.59. The summed E-state index contributed by atoms with van der Waals surface area (Å²) in [7, 11) is 0. The van der Waals surface area contributed by atoms with E-state index in [0.29, 0.717) is 42.3 Å². The Kier molecular flexibility index (Phi) is 4.85. The highest BCUT2D eigenvalue weighted by Gasteiger charge is 2.26. The van der Waals surface area contributed by atoms with Crippen LogP contribution in [0.5, 0.6) is 0 Å². The van der Waals surface area contributed by atoms with Crippen molar-refractivity contribution in [3.63, 3.8) is 0 Å². The summed E-state index contributed by atoms with van der Waals surface area (Å²) < 4.78 is 4.91. The Morgan fingerprint density at radius 1 is 1.29 bits per heavy atom. The second-order valence-corrected chi connectivity index (χ2v) is 6.25. The van der Waals surface area contributed by atoms with E-state index < -0.39 is 0 Å². The highest BCUT2D eigenvalue weighted by atomic mass is 35.5. The van der Waals surface area contributed by atoms with Gasteiger partial charge in [-0.1, -0.05) is 28.9 Å². The van der Waals surface area contributed by atoms with Crippen molar-refractivity contribution in [2.24, 2.45) is 0 Å². The quantitative estimate of drug-likeness (QED) is 0.926. The van der Waals surface area contributed by atoms with Crippen LogP contribution in [0.1, 0.15) is 39.4 Å². The van der Waals surface area contributed by atoms with E-state index in [1.807, 2.05) is 0 Å². The Bertz CT molecular complexity index is 751. The van der Waals surface area contributed by atoms with Gasteiger partial charge in [0, 0.05) is 25.2 Å². The van der Waals surface area contributed by atoms with Gasteiger partial charge in [-0.15, -0.1) is 0 Å². The monoisotopic (exact) mass is 347 g/mol. The molecule has 0 unspecified atom stereocenters. The molecule has 1 aliphatic heterocycles. The van der Waals surface area contributed by atoms with Crippen molar-refractivity contribution in [2.45, 2.75) is 25.8 Å². The molecule has 1 aliphatic rings. The van der Waals surface area contributed by atoms with Crippen molar-refractivity contribution in [2.75, 3.05) is 13.1 Å². The fraction of sp³-hybridized carbons (Fsp3) is 0.353. The number of carbonyl (C=O) groups is 2. The molecule has 0 atom stereocenters. The van der Waals surface area contributed by atoms with Gasteiger partial charge in [0.1, 0.15) is 5.76 Å². The fourth-order valence-electron chi connectivity index (χ4n) is 2.76. The Balaban J connectivity index is 1.55. The molecular weight excluding hydrogens is 330 g/mol. The first-order valence-electron chi connectivity index (χ1n) is 7.82. The third-order valence-corrected chi connectivity index (χ3v) is 4.41. The van der Waals surface area contributed by atoms with E-state index in [1.54, 1.807) is 42.2 Å². The zero-order valence-electron chi connectivity index (χ0n) is 13.3.